The Morgan fingerprint density at radius 3 is 2.56 bits per heavy atom. The number of amides is 1. The molecule has 9 heteroatoms. The molecule has 2 aliphatic heterocycles. The number of ether oxygens (including phenoxy) is 1. The van der Waals surface area contributed by atoms with E-state index in [0.717, 1.165) is 25.8 Å². The Hall–Kier alpha value is -0.0900. The van der Waals surface area contributed by atoms with Gasteiger partial charge in [0.05, 0.1) is 17.5 Å². The van der Waals surface area contributed by atoms with Crippen LogP contribution in [0.2, 0.25) is 0 Å². The van der Waals surface area contributed by atoms with Crippen molar-refractivity contribution in [1.82, 2.24) is 10.2 Å². The summed E-state index contributed by atoms with van der Waals surface area (Å²) in [6.45, 7) is 4.74. The summed E-state index contributed by atoms with van der Waals surface area (Å²) in [4.78, 5) is 14.9. The monoisotopic (exact) mass is 424 g/mol. The summed E-state index contributed by atoms with van der Waals surface area (Å²) in [7, 11) is 1.94. The summed E-state index contributed by atoms with van der Waals surface area (Å²) in [5.41, 5.74) is -0.702. The van der Waals surface area contributed by atoms with Gasteiger partial charge in [-0.2, -0.15) is 0 Å². The average molecular weight is 425 g/mol. The number of nitrogens with zero attached hydrogens (tertiary/aromatic N) is 1. The van der Waals surface area contributed by atoms with E-state index in [2.05, 4.69) is 12.2 Å². The second-order valence-electron chi connectivity index (χ2n) is 7.73. The number of carbonyl (C=O) groups excluding carboxylic acids is 1. The van der Waals surface area contributed by atoms with Gasteiger partial charge in [0.1, 0.15) is 29.9 Å². The summed E-state index contributed by atoms with van der Waals surface area (Å²) in [6, 6.07) is -0.934. The first kappa shape index (κ1) is 23.2. The van der Waals surface area contributed by atoms with E-state index >= 15 is 0 Å². The molecular weight excluding hydrogens is 392 g/mol. The van der Waals surface area contributed by atoms with E-state index in [-0.39, 0.29) is 11.9 Å². The van der Waals surface area contributed by atoms with Crippen molar-refractivity contribution < 1.29 is 24.9 Å². The zero-order valence-corrected chi connectivity index (χ0v) is 18.0. The molecule has 0 spiro atoms. The van der Waals surface area contributed by atoms with Crippen molar-refractivity contribution in [3.63, 3.8) is 0 Å². The van der Waals surface area contributed by atoms with Crippen LogP contribution in [0.3, 0.4) is 0 Å². The van der Waals surface area contributed by atoms with Gasteiger partial charge in [0.25, 0.3) is 0 Å². The number of hydrogen-bond donors (Lipinski definition) is 4. The van der Waals surface area contributed by atoms with E-state index in [1.807, 2.05) is 11.9 Å². The first-order valence-electron chi connectivity index (χ1n) is 9.58. The highest BCUT2D eigenvalue weighted by Crippen LogP contribution is 2.31. The molecule has 2 saturated heterocycles. The van der Waals surface area contributed by atoms with E-state index in [1.165, 1.54) is 11.8 Å². The van der Waals surface area contributed by atoms with Crippen molar-refractivity contribution >= 4 is 29.3 Å². The largest absolute Gasteiger partial charge is 0.388 e. The van der Waals surface area contributed by atoms with Crippen LogP contribution in [-0.2, 0) is 9.53 Å². The van der Waals surface area contributed by atoms with Crippen LogP contribution < -0.4 is 5.32 Å². The molecule has 0 saturated carbocycles. The summed E-state index contributed by atoms with van der Waals surface area (Å²) >= 11 is 7.55. The molecule has 27 heavy (non-hydrogen) atoms. The molecule has 1 amide bonds. The highest BCUT2D eigenvalue weighted by atomic mass is 35.5. The van der Waals surface area contributed by atoms with Gasteiger partial charge in [0.2, 0.25) is 5.91 Å². The van der Waals surface area contributed by atoms with Gasteiger partial charge in [-0.3, -0.25) is 9.69 Å². The molecule has 0 bridgehead atoms. The quantitative estimate of drug-likeness (QED) is 0.438. The highest BCUT2D eigenvalue weighted by Gasteiger charge is 2.48. The highest BCUT2D eigenvalue weighted by molar-refractivity contribution is 7.99. The first-order chi connectivity index (χ1) is 12.7. The van der Waals surface area contributed by atoms with Crippen molar-refractivity contribution in [2.24, 2.45) is 5.92 Å². The molecule has 0 aromatic carbocycles. The predicted molar refractivity (Wildman–Crippen MR) is 107 cm³/mol. The number of aliphatic hydroxyl groups excluding tert-OH is 3. The van der Waals surface area contributed by atoms with Gasteiger partial charge in [-0.25, -0.2) is 0 Å². The third-order valence-electron chi connectivity index (χ3n) is 5.63. The van der Waals surface area contributed by atoms with Crippen molar-refractivity contribution in [1.29, 1.82) is 0 Å². The second kappa shape index (κ2) is 10.1. The minimum atomic E-state index is -1.36. The normalized spacial score (nSPS) is 39.9. The number of halogens is 1. The molecule has 0 aromatic heterocycles. The number of thioether (sulfide) groups is 1. The maximum atomic E-state index is 12.9. The van der Waals surface area contributed by atoms with Gasteiger partial charge < -0.3 is 25.4 Å². The maximum Gasteiger partial charge on any atom is 0.237 e. The van der Waals surface area contributed by atoms with Crippen molar-refractivity contribution in [2.75, 3.05) is 19.8 Å². The molecule has 4 N–H and O–H groups in total. The maximum absolute atomic E-state index is 12.9. The summed E-state index contributed by atoms with van der Waals surface area (Å²) in [6.07, 6.45) is -0.0980. The van der Waals surface area contributed by atoms with E-state index in [9.17, 15) is 20.1 Å². The lowest BCUT2D eigenvalue weighted by atomic mass is 9.92. The van der Waals surface area contributed by atoms with Gasteiger partial charge >= 0.3 is 0 Å². The van der Waals surface area contributed by atoms with E-state index < -0.39 is 41.3 Å². The number of likely N-dealkylation sites (tertiary alicyclic amines) is 1. The lowest BCUT2D eigenvalue weighted by Gasteiger charge is -2.44. The molecule has 0 unspecified atom stereocenters. The van der Waals surface area contributed by atoms with E-state index in [1.54, 1.807) is 13.2 Å². The van der Waals surface area contributed by atoms with Gasteiger partial charge in [-0.05, 0) is 39.0 Å². The van der Waals surface area contributed by atoms with Crippen molar-refractivity contribution in [3.8, 4) is 0 Å². The van der Waals surface area contributed by atoms with Crippen LogP contribution >= 0.6 is 23.4 Å². The third-order valence-corrected chi connectivity index (χ3v) is 6.76. The Morgan fingerprint density at radius 2 is 2.00 bits per heavy atom. The van der Waals surface area contributed by atoms with Crippen LogP contribution in [0.25, 0.3) is 0 Å². The van der Waals surface area contributed by atoms with Crippen molar-refractivity contribution in [3.05, 3.63) is 0 Å². The Kier molecular flexibility index (Phi) is 8.67. The molecule has 2 fully saturated rings. The molecule has 158 valence electrons. The average Bonchev–Trinajstić information content (AvgIpc) is 2.99. The number of hydrogen-bond acceptors (Lipinski definition) is 7. The SMILES string of the molecule is CCC[C@@H]1C[C@@H](C(=O)N[C@H]([C@@H]2O[C@H](SC)[C@@H](O)[C@@H](O)[C@H]2O)[C@@H](C)Cl)N(C)C1. The number of alkyl halides is 1. The molecule has 2 aliphatic rings. The Morgan fingerprint density at radius 1 is 1.33 bits per heavy atom. The molecule has 0 aromatic rings. The van der Waals surface area contributed by atoms with Crippen molar-refractivity contribution in [2.45, 2.75) is 80.4 Å². The molecule has 2 heterocycles. The number of aliphatic hydroxyl groups is 3. The summed E-state index contributed by atoms with van der Waals surface area (Å²) in [5.74, 6) is 0.350. The molecule has 2 rings (SSSR count). The minimum absolute atomic E-state index is 0.147. The Bertz CT molecular complexity index is 498. The molecule has 0 radical (unpaired) electrons. The molecule has 0 aliphatic carbocycles. The van der Waals surface area contributed by atoms with Gasteiger partial charge in [-0.15, -0.1) is 23.4 Å². The summed E-state index contributed by atoms with van der Waals surface area (Å²) in [5, 5.41) is 33.0. The Labute approximate surface area is 170 Å². The fourth-order valence-electron chi connectivity index (χ4n) is 4.11. The lowest BCUT2D eigenvalue weighted by molar-refractivity contribution is -0.205. The topological polar surface area (TPSA) is 102 Å². The van der Waals surface area contributed by atoms with Crippen LogP contribution in [0.15, 0.2) is 0 Å². The minimum Gasteiger partial charge on any atom is -0.388 e. The predicted octanol–water partition coefficient (Wildman–Crippen LogP) is 0.390. The summed E-state index contributed by atoms with van der Waals surface area (Å²) < 4.78 is 5.79. The first-order valence-corrected chi connectivity index (χ1v) is 11.3. The van der Waals surface area contributed by atoms with Crippen LogP contribution in [-0.4, -0.2) is 93.3 Å². The molecule has 9 atom stereocenters. The van der Waals surface area contributed by atoms with Crippen LogP contribution in [0, 0.1) is 5.92 Å². The molecule has 7 nitrogen and oxygen atoms in total. The number of rotatable bonds is 7. The van der Waals surface area contributed by atoms with Gasteiger partial charge in [0.15, 0.2) is 0 Å². The number of nitrogens with one attached hydrogen (secondary N) is 1. The van der Waals surface area contributed by atoms with Gasteiger partial charge in [-0.1, -0.05) is 13.3 Å². The Balaban J connectivity index is 2.09. The number of carbonyl (C=O) groups is 1. The van der Waals surface area contributed by atoms with Crippen LogP contribution in [0.5, 0.6) is 0 Å². The lowest BCUT2D eigenvalue weighted by Crippen LogP contribution is -2.65. The fraction of sp³-hybridized carbons (Fsp3) is 0.944. The second-order valence-corrected chi connectivity index (χ2v) is 9.36. The zero-order valence-electron chi connectivity index (χ0n) is 16.4. The standard InChI is InChI=1S/C18H33ClN2O5S/c1-5-6-10-7-11(21(3)8-10)17(25)20-12(9(2)19)16-14(23)13(22)15(24)18(26-16)27-4/h9-16,18,22-24H,5-8H2,1-4H3,(H,20,25)/t9-,10-,11+,12+,13+,14-,15+,16+,18-/m1/s1. The third kappa shape index (κ3) is 5.29. The fourth-order valence-corrected chi connectivity index (χ4v) is 5.00. The van der Waals surface area contributed by atoms with Gasteiger partial charge in [0, 0.05) is 6.54 Å². The van der Waals surface area contributed by atoms with Crippen LogP contribution in [0.4, 0.5) is 0 Å². The smallest absolute Gasteiger partial charge is 0.237 e. The molecular formula is C18H33ClN2O5S. The number of likely N-dealkylation sites (N-methyl/N-ethyl adjacent to an activating group) is 1. The van der Waals surface area contributed by atoms with E-state index in [4.69, 9.17) is 16.3 Å². The van der Waals surface area contributed by atoms with E-state index in [0.29, 0.717) is 5.92 Å². The van der Waals surface area contributed by atoms with Crippen LogP contribution in [0.1, 0.15) is 33.1 Å². The zero-order chi connectivity index (χ0) is 20.3.